The normalized spacial score (nSPS) is 16.8. The van der Waals surface area contributed by atoms with Crippen LogP contribution >= 0.6 is 0 Å². The van der Waals surface area contributed by atoms with Gasteiger partial charge in [0.15, 0.2) is 11.6 Å². The Hall–Kier alpha value is -3.55. The van der Waals surface area contributed by atoms with Gasteiger partial charge in [-0.3, -0.25) is 9.59 Å². The number of amides is 2. The van der Waals surface area contributed by atoms with E-state index in [4.69, 9.17) is 24.3 Å². The quantitative estimate of drug-likeness (QED) is 0.131. The van der Waals surface area contributed by atoms with Crippen molar-refractivity contribution in [1.29, 1.82) is 0 Å². The highest BCUT2D eigenvalue weighted by atomic mass is 16.6. The van der Waals surface area contributed by atoms with Crippen molar-refractivity contribution >= 4 is 18.0 Å². The molecule has 14 nitrogen and oxygen atoms in total. The van der Waals surface area contributed by atoms with Gasteiger partial charge in [-0.1, -0.05) is 100 Å². The maximum atomic E-state index is 12.4. The number of nitrogens with zero attached hydrogens (tertiary/aromatic N) is 4. The summed E-state index contributed by atoms with van der Waals surface area (Å²) in [7, 11) is 1.54. The van der Waals surface area contributed by atoms with E-state index in [-0.39, 0.29) is 55.7 Å². The molecule has 0 unspecified atom stereocenters. The van der Waals surface area contributed by atoms with E-state index in [2.05, 4.69) is 30.9 Å². The Morgan fingerprint density at radius 1 is 0.722 bits per heavy atom. The van der Waals surface area contributed by atoms with Crippen molar-refractivity contribution in [1.82, 2.24) is 30.9 Å². The Bertz CT molecular complexity index is 1390. The highest BCUT2D eigenvalue weighted by molar-refractivity contribution is 5.73. The zero-order valence-electron chi connectivity index (χ0n) is 34.2. The second-order valence-electron chi connectivity index (χ2n) is 17.1. The molecule has 0 aromatic carbocycles. The monoisotopic (exact) mass is 760 g/mol. The number of hydrogen-bond acceptors (Lipinski definition) is 12. The van der Waals surface area contributed by atoms with Crippen LogP contribution in [0.3, 0.4) is 0 Å². The average Bonchev–Trinajstić information content (AvgIpc) is 3.80. The zero-order valence-corrected chi connectivity index (χ0v) is 34.2. The van der Waals surface area contributed by atoms with Gasteiger partial charge in [0, 0.05) is 18.9 Å². The number of carbonyl (C=O) groups is 3. The number of rotatable bonds is 17. The molecule has 2 aliphatic carbocycles. The largest absolute Gasteiger partial charge is 0.460 e. The van der Waals surface area contributed by atoms with E-state index in [1.807, 2.05) is 41.5 Å². The predicted octanol–water partition coefficient (Wildman–Crippen LogP) is 8.16. The number of aromatic nitrogens is 4. The number of esters is 2. The van der Waals surface area contributed by atoms with Crippen LogP contribution in [0.5, 0.6) is 0 Å². The highest BCUT2D eigenvalue weighted by Gasteiger charge is 2.28. The topological polar surface area (TPSA) is 198 Å². The first kappa shape index (κ1) is 44.8. The average molecular weight is 760 g/mol. The summed E-state index contributed by atoms with van der Waals surface area (Å²) >= 11 is 0. The van der Waals surface area contributed by atoms with Crippen LogP contribution in [0.25, 0.3) is 0 Å². The van der Waals surface area contributed by atoms with E-state index < -0.39 is 11.2 Å². The minimum atomic E-state index is -0.527. The lowest BCUT2D eigenvalue weighted by Gasteiger charge is -2.23. The lowest BCUT2D eigenvalue weighted by molar-refractivity contribution is -0.156. The second kappa shape index (κ2) is 22.7. The van der Waals surface area contributed by atoms with Gasteiger partial charge in [0.25, 0.3) is 0 Å². The van der Waals surface area contributed by atoms with Gasteiger partial charge < -0.3 is 34.9 Å². The van der Waals surface area contributed by atoms with E-state index in [0.717, 1.165) is 37.5 Å². The summed E-state index contributed by atoms with van der Waals surface area (Å²) in [5.41, 5.74) is 4.56. The third-order valence-corrected chi connectivity index (χ3v) is 9.93. The molecule has 2 heterocycles. The molecule has 0 spiro atoms. The first-order valence-corrected chi connectivity index (χ1v) is 20.4. The predicted molar refractivity (Wildman–Crippen MR) is 205 cm³/mol. The molecule has 2 amide bonds. The van der Waals surface area contributed by atoms with E-state index in [1.165, 1.54) is 77.0 Å². The van der Waals surface area contributed by atoms with Crippen molar-refractivity contribution in [3.63, 3.8) is 0 Å². The molecule has 54 heavy (non-hydrogen) atoms. The van der Waals surface area contributed by atoms with Gasteiger partial charge in [-0.15, -0.1) is 0 Å². The molecule has 2 aromatic rings. The minimum absolute atomic E-state index is 0.0914. The number of ether oxygens (including phenoxy) is 2. The number of urea groups is 1. The number of hydrogen-bond donors (Lipinski definition) is 3. The number of nitrogens with two attached hydrogens (primary N) is 1. The van der Waals surface area contributed by atoms with Crippen LogP contribution in [0.2, 0.25) is 0 Å². The molecule has 2 aliphatic rings. The third-order valence-electron chi connectivity index (χ3n) is 9.93. The van der Waals surface area contributed by atoms with Crippen molar-refractivity contribution in [3.8, 4) is 0 Å². The summed E-state index contributed by atoms with van der Waals surface area (Å²) in [5.74, 6) is 2.70. The molecule has 2 aromatic heterocycles. The Morgan fingerprint density at radius 2 is 1.15 bits per heavy atom. The molecule has 14 heteroatoms. The van der Waals surface area contributed by atoms with E-state index in [1.54, 1.807) is 7.05 Å². The van der Waals surface area contributed by atoms with E-state index >= 15 is 0 Å². The Morgan fingerprint density at radius 3 is 1.54 bits per heavy atom. The van der Waals surface area contributed by atoms with Crippen LogP contribution < -0.4 is 16.4 Å². The number of carbonyl (C=O) groups excluding carboxylic acids is 3. The molecule has 4 N–H and O–H groups in total. The third kappa shape index (κ3) is 18.2. The van der Waals surface area contributed by atoms with Gasteiger partial charge >= 0.3 is 18.0 Å². The highest BCUT2D eigenvalue weighted by Crippen LogP contribution is 2.33. The van der Waals surface area contributed by atoms with Crippen molar-refractivity contribution in [2.24, 2.45) is 17.6 Å². The van der Waals surface area contributed by atoms with Gasteiger partial charge in [-0.2, -0.15) is 9.97 Å². The number of nitrogens with one attached hydrogen (secondary N) is 2. The van der Waals surface area contributed by atoms with Crippen LogP contribution in [-0.2, 0) is 32.2 Å². The molecule has 0 radical (unpaired) electrons. The molecule has 0 saturated heterocycles. The molecular formula is C40H69N7O7. The van der Waals surface area contributed by atoms with Gasteiger partial charge in [0.05, 0.1) is 25.9 Å². The van der Waals surface area contributed by atoms with Crippen LogP contribution in [0.4, 0.5) is 4.79 Å². The Balaban J connectivity index is 0.000000294. The van der Waals surface area contributed by atoms with Crippen LogP contribution in [0.1, 0.15) is 192 Å². The summed E-state index contributed by atoms with van der Waals surface area (Å²) in [6.07, 6.45) is 20.0. The summed E-state index contributed by atoms with van der Waals surface area (Å²) in [6.45, 7) is 11.6. The van der Waals surface area contributed by atoms with Crippen LogP contribution in [-0.4, -0.2) is 56.5 Å². The lowest BCUT2D eigenvalue weighted by atomic mass is 9.84. The van der Waals surface area contributed by atoms with Crippen molar-refractivity contribution in [2.45, 2.75) is 193 Å². The summed E-state index contributed by atoms with van der Waals surface area (Å²) in [5, 5.41) is 12.9. The SMILES string of the molecule is CC(C)(C)OC(=O)C[C@@H](CCCC1CCCCC1)c1nc(CN)no1.CNC(=O)NCc1noc([C@H](CCCC2CCCCC2)CC(=O)OC(C)(C)C)n1. The fraction of sp³-hybridized carbons (Fsp3) is 0.825. The molecule has 2 fully saturated rings. The fourth-order valence-electron chi connectivity index (χ4n) is 7.32. The standard InChI is InChI=1S/C21H36N4O4.C19H33N3O3/c1-21(2,3)28-18(26)13-16(12-8-11-15-9-6-5-7-10-15)19-24-17(25-29-19)14-23-20(27)22-4;1-19(2,3)24-17(23)12-15(18-21-16(13-20)22-25-18)11-7-10-14-8-5-4-6-9-14/h15-16H,5-14H2,1-4H3,(H2,22,23,27);14-15H,4-13,20H2,1-3H3/t16-;15-/m11/s1. The maximum Gasteiger partial charge on any atom is 0.314 e. The fourth-order valence-corrected chi connectivity index (χ4v) is 7.32. The van der Waals surface area contributed by atoms with Crippen LogP contribution in [0, 0.1) is 11.8 Å². The first-order valence-electron chi connectivity index (χ1n) is 20.4. The van der Waals surface area contributed by atoms with Crippen molar-refractivity contribution in [2.75, 3.05) is 7.05 Å². The molecule has 2 atom stereocenters. The summed E-state index contributed by atoms with van der Waals surface area (Å²) in [4.78, 5) is 44.7. The molecule has 0 aliphatic heterocycles. The molecular weight excluding hydrogens is 690 g/mol. The lowest BCUT2D eigenvalue weighted by Crippen LogP contribution is -2.32. The minimum Gasteiger partial charge on any atom is -0.460 e. The molecule has 4 rings (SSSR count). The summed E-state index contributed by atoms with van der Waals surface area (Å²) in [6, 6.07) is -0.311. The first-order chi connectivity index (χ1) is 25.6. The smallest absolute Gasteiger partial charge is 0.314 e. The molecule has 0 bridgehead atoms. The zero-order chi connectivity index (χ0) is 39.6. The van der Waals surface area contributed by atoms with Crippen molar-refractivity contribution < 1.29 is 32.9 Å². The molecule has 2 saturated carbocycles. The van der Waals surface area contributed by atoms with E-state index in [0.29, 0.717) is 23.4 Å². The van der Waals surface area contributed by atoms with Crippen molar-refractivity contribution in [3.05, 3.63) is 23.4 Å². The summed E-state index contributed by atoms with van der Waals surface area (Å²) < 4.78 is 21.7. The second-order valence-corrected chi connectivity index (χ2v) is 17.1. The Labute approximate surface area is 322 Å². The van der Waals surface area contributed by atoms with Gasteiger partial charge in [-0.05, 0) is 66.2 Å². The molecule has 306 valence electrons. The maximum absolute atomic E-state index is 12.4. The Kier molecular flexibility index (Phi) is 18.9. The van der Waals surface area contributed by atoms with Gasteiger partial charge in [0.1, 0.15) is 11.2 Å². The van der Waals surface area contributed by atoms with Gasteiger partial charge in [-0.25, -0.2) is 4.79 Å². The van der Waals surface area contributed by atoms with Crippen LogP contribution in [0.15, 0.2) is 9.05 Å². The van der Waals surface area contributed by atoms with E-state index in [9.17, 15) is 14.4 Å². The van der Waals surface area contributed by atoms with Gasteiger partial charge in [0.2, 0.25) is 11.8 Å².